The Balaban J connectivity index is 2.04. The maximum Gasteiger partial charge on any atom is 0.269 e. The Bertz CT molecular complexity index is 453. The first-order chi connectivity index (χ1) is 8.20. The Kier molecular flexibility index (Phi) is 3.64. The summed E-state index contributed by atoms with van der Waals surface area (Å²) in [4.78, 5) is 11.1. The van der Waals surface area contributed by atoms with Crippen LogP contribution in [0.5, 0.6) is 0 Å². The summed E-state index contributed by atoms with van der Waals surface area (Å²) in [7, 11) is 0. The van der Waals surface area contributed by atoms with Crippen LogP contribution in [0.15, 0.2) is 29.2 Å². The largest absolute Gasteiger partial charge is 0.269 e. The van der Waals surface area contributed by atoms with Crippen molar-refractivity contribution in [3.05, 3.63) is 34.4 Å². The smallest absolute Gasteiger partial charge is 0.258 e. The highest BCUT2D eigenvalue weighted by molar-refractivity contribution is 8.00. The molecule has 88 valence electrons. The molecule has 17 heavy (non-hydrogen) atoms. The molecule has 2 rings (SSSR count). The third kappa shape index (κ3) is 2.77. The normalized spacial score (nSPS) is 23.2. The maximum atomic E-state index is 10.5. The lowest BCUT2D eigenvalue weighted by molar-refractivity contribution is -0.384. The van der Waals surface area contributed by atoms with Gasteiger partial charge >= 0.3 is 0 Å². The second-order valence-corrected chi connectivity index (χ2v) is 5.39. The van der Waals surface area contributed by atoms with Crippen LogP contribution in [0.25, 0.3) is 0 Å². The van der Waals surface area contributed by atoms with Crippen molar-refractivity contribution in [2.24, 2.45) is 5.92 Å². The zero-order chi connectivity index (χ0) is 12.3. The number of nitriles is 1. The highest BCUT2D eigenvalue weighted by Crippen LogP contribution is 2.38. The molecule has 1 aromatic carbocycles. The maximum absolute atomic E-state index is 10.5. The summed E-state index contributed by atoms with van der Waals surface area (Å²) in [5, 5.41) is 19.8. The van der Waals surface area contributed by atoms with E-state index in [1.54, 1.807) is 23.9 Å². The van der Waals surface area contributed by atoms with Crippen molar-refractivity contribution < 1.29 is 4.92 Å². The first-order valence-corrected chi connectivity index (χ1v) is 6.39. The van der Waals surface area contributed by atoms with E-state index in [-0.39, 0.29) is 11.6 Å². The minimum Gasteiger partial charge on any atom is -0.258 e. The Morgan fingerprint density at radius 3 is 2.65 bits per heavy atom. The monoisotopic (exact) mass is 248 g/mol. The molecule has 0 aliphatic heterocycles. The molecule has 1 aliphatic carbocycles. The van der Waals surface area contributed by atoms with Gasteiger partial charge in [-0.2, -0.15) is 5.26 Å². The van der Waals surface area contributed by atoms with E-state index in [9.17, 15) is 10.1 Å². The predicted molar refractivity (Wildman–Crippen MR) is 65.7 cm³/mol. The fraction of sp³-hybridized carbons (Fsp3) is 0.417. The standard InChI is InChI=1S/C12H12N2O2S/c13-8-9-2-1-3-12(9)17-11-6-4-10(5-7-11)14(15)16/h4-7,9,12H,1-3H2. The average molecular weight is 248 g/mol. The molecule has 1 fully saturated rings. The highest BCUT2D eigenvalue weighted by atomic mass is 32.2. The van der Waals surface area contributed by atoms with Crippen molar-refractivity contribution in [1.82, 2.24) is 0 Å². The third-order valence-corrected chi connectivity index (χ3v) is 4.36. The third-order valence-electron chi connectivity index (χ3n) is 2.95. The van der Waals surface area contributed by atoms with Crippen LogP contribution in [-0.4, -0.2) is 10.2 Å². The van der Waals surface area contributed by atoms with E-state index in [1.165, 1.54) is 12.1 Å². The van der Waals surface area contributed by atoms with Crippen LogP contribution in [0.1, 0.15) is 19.3 Å². The number of nitrogens with zero attached hydrogens (tertiary/aromatic N) is 2. The van der Waals surface area contributed by atoms with Crippen molar-refractivity contribution >= 4 is 17.4 Å². The van der Waals surface area contributed by atoms with Gasteiger partial charge in [0.05, 0.1) is 16.9 Å². The predicted octanol–water partition coefficient (Wildman–Crippen LogP) is 3.38. The van der Waals surface area contributed by atoms with Crippen molar-refractivity contribution in [2.75, 3.05) is 0 Å². The lowest BCUT2D eigenvalue weighted by Crippen LogP contribution is -2.07. The van der Waals surface area contributed by atoms with Crippen LogP contribution in [0.3, 0.4) is 0 Å². The first-order valence-electron chi connectivity index (χ1n) is 5.51. The molecule has 1 saturated carbocycles. The van der Waals surface area contributed by atoms with E-state index in [0.29, 0.717) is 5.25 Å². The average Bonchev–Trinajstić information content (AvgIpc) is 2.77. The number of benzene rings is 1. The molecule has 5 heteroatoms. The van der Waals surface area contributed by atoms with E-state index >= 15 is 0 Å². The Hall–Kier alpha value is -1.54. The molecule has 0 bridgehead atoms. The van der Waals surface area contributed by atoms with Gasteiger partial charge in [0.1, 0.15) is 0 Å². The van der Waals surface area contributed by atoms with Crippen molar-refractivity contribution in [3.8, 4) is 6.07 Å². The Morgan fingerprint density at radius 2 is 2.06 bits per heavy atom. The van der Waals surface area contributed by atoms with E-state index in [4.69, 9.17) is 5.26 Å². The topological polar surface area (TPSA) is 66.9 Å². The van der Waals surface area contributed by atoms with E-state index in [2.05, 4.69) is 6.07 Å². The van der Waals surface area contributed by atoms with Crippen LogP contribution in [0, 0.1) is 27.4 Å². The molecule has 0 N–H and O–H groups in total. The van der Waals surface area contributed by atoms with Gasteiger partial charge in [-0.15, -0.1) is 11.8 Å². The van der Waals surface area contributed by atoms with Gasteiger partial charge in [-0.25, -0.2) is 0 Å². The molecule has 2 unspecified atom stereocenters. The van der Waals surface area contributed by atoms with Crippen LogP contribution in [-0.2, 0) is 0 Å². The highest BCUT2D eigenvalue weighted by Gasteiger charge is 2.27. The van der Waals surface area contributed by atoms with Gasteiger partial charge in [0.2, 0.25) is 0 Å². The number of hydrogen-bond donors (Lipinski definition) is 0. The van der Waals surface area contributed by atoms with Gasteiger partial charge in [0.15, 0.2) is 0 Å². The van der Waals surface area contributed by atoms with Crippen molar-refractivity contribution in [3.63, 3.8) is 0 Å². The second kappa shape index (κ2) is 5.19. The molecule has 0 radical (unpaired) electrons. The number of hydrogen-bond acceptors (Lipinski definition) is 4. The number of non-ortho nitro benzene ring substituents is 1. The minimum atomic E-state index is -0.401. The summed E-state index contributed by atoms with van der Waals surface area (Å²) in [6.07, 6.45) is 3.13. The molecular formula is C12H12N2O2S. The number of nitro groups is 1. The number of rotatable bonds is 3. The summed E-state index contributed by atoms with van der Waals surface area (Å²) in [5.74, 6) is 0.121. The van der Waals surface area contributed by atoms with Gasteiger partial charge in [-0.05, 0) is 25.0 Å². The second-order valence-electron chi connectivity index (χ2n) is 4.07. The van der Waals surface area contributed by atoms with Gasteiger partial charge in [-0.3, -0.25) is 10.1 Å². The molecular weight excluding hydrogens is 236 g/mol. The summed E-state index contributed by atoms with van der Waals surface area (Å²) in [6, 6.07) is 8.88. The molecule has 1 aromatic rings. The van der Waals surface area contributed by atoms with Gasteiger partial charge < -0.3 is 0 Å². The summed E-state index contributed by atoms with van der Waals surface area (Å²) in [5.41, 5.74) is 0.109. The SMILES string of the molecule is N#CC1CCCC1Sc1ccc([N+](=O)[O-])cc1. The quantitative estimate of drug-likeness (QED) is 0.607. The molecule has 2 atom stereocenters. The molecule has 4 nitrogen and oxygen atoms in total. The molecule has 0 amide bonds. The molecule has 0 aromatic heterocycles. The minimum absolute atomic E-state index is 0.109. The Labute approximate surface area is 104 Å². The lowest BCUT2D eigenvalue weighted by Gasteiger charge is -2.12. The van der Waals surface area contributed by atoms with Gasteiger partial charge in [0.25, 0.3) is 5.69 Å². The fourth-order valence-electron chi connectivity index (χ4n) is 2.04. The molecule has 0 saturated heterocycles. The Morgan fingerprint density at radius 1 is 1.35 bits per heavy atom. The van der Waals surface area contributed by atoms with Crippen LogP contribution < -0.4 is 0 Å². The molecule has 0 spiro atoms. The van der Waals surface area contributed by atoms with Crippen molar-refractivity contribution in [1.29, 1.82) is 5.26 Å². The van der Waals surface area contributed by atoms with E-state index < -0.39 is 4.92 Å². The summed E-state index contributed by atoms with van der Waals surface area (Å²) < 4.78 is 0. The van der Waals surface area contributed by atoms with Crippen molar-refractivity contribution in [2.45, 2.75) is 29.4 Å². The number of nitro benzene ring substituents is 1. The molecule has 1 aliphatic rings. The fourth-order valence-corrected chi connectivity index (χ4v) is 3.32. The van der Waals surface area contributed by atoms with Crippen LogP contribution >= 0.6 is 11.8 Å². The van der Waals surface area contributed by atoms with E-state index in [1.807, 2.05) is 0 Å². The van der Waals surface area contributed by atoms with E-state index in [0.717, 1.165) is 24.2 Å². The number of thioether (sulfide) groups is 1. The zero-order valence-electron chi connectivity index (χ0n) is 9.20. The van der Waals surface area contributed by atoms with Crippen LogP contribution in [0.2, 0.25) is 0 Å². The first kappa shape index (κ1) is 11.9. The lowest BCUT2D eigenvalue weighted by atomic mass is 10.1. The zero-order valence-corrected chi connectivity index (χ0v) is 10.0. The van der Waals surface area contributed by atoms with Gasteiger partial charge in [0, 0.05) is 22.3 Å². The van der Waals surface area contributed by atoms with Gasteiger partial charge in [-0.1, -0.05) is 6.42 Å². The molecule has 0 heterocycles. The van der Waals surface area contributed by atoms with Crippen LogP contribution in [0.4, 0.5) is 5.69 Å². The summed E-state index contributed by atoms with van der Waals surface area (Å²) in [6.45, 7) is 0. The summed E-state index contributed by atoms with van der Waals surface area (Å²) >= 11 is 1.66.